The number of furan rings is 1. The second-order valence-corrected chi connectivity index (χ2v) is 6.69. The van der Waals surface area contributed by atoms with Crippen molar-refractivity contribution in [1.82, 2.24) is 14.9 Å². The number of hydrogen-bond acceptors (Lipinski definition) is 5. The molecule has 1 aromatic carbocycles. The van der Waals surface area contributed by atoms with Gasteiger partial charge in [-0.3, -0.25) is 9.78 Å². The highest BCUT2D eigenvalue weighted by molar-refractivity contribution is 5.92. The summed E-state index contributed by atoms with van der Waals surface area (Å²) in [7, 11) is 0. The van der Waals surface area contributed by atoms with Crippen LogP contribution in [0.25, 0.3) is 11.0 Å². The number of carbonyl (C=O) groups excluding carboxylic acids is 1. The fraction of sp³-hybridized carbons (Fsp3) is 0.350. The fourth-order valence-electron chi connectivity index (χ4n) is 3.40. The molecule has 1 saturated heterocycles. The van der Waals surface area contributed by atoms with Crippen molar-refractivity contribution >= 4 is 16.9 Å². The SMILES string of the molecule is Cc1cnc(C(=O)N2CCOC[C@H](Cc3cccc4occc34)C2)cn1. The lowest BCUT2D eigenvalue weighted by molar-refractivity contribution is 0.0731. The van der Waals surface area contributed by atoms with Crippen molar-refractivity contribution in [2.24, 2.45) is 5.92 Å². The lowest BCUT2D eigenvalue weighted by Crippen LogP contribution is -2.37. The maximum absolute atomic E-state index is 12.8. The summed E-state index contributed by atoms with van der Waals surface area (Å²) in [5.41, 5.74) is 3.29. The Morgan fingerprint density at radius 1 is 1.27 bits per heavy atom. The molecule has 26 heavy (non-hydrogen) atoms. The van der Waals surface area contributed by atoms with Crippen molar-refractivity contribution in [1.29, 1.82) is 0 Å². The van der Waals surface area contributed by atoms with Crippen LogP contribution in [-0.4, -0.2) is 47.1 Å². The molecule has 1 fully saturated rings. The first-order valence-corrected chi connectivity index (χ1v) is 8.81. The Hall–Kier alpha value is -2.73. The van der Waals surface area contributed by atoms with E-state index in [9.17, 15) is 4.79 Å². The molecule has 0 spiro atoms. The first-order chi connectivity index (χ1) is 12.7. The topological polar surface area (TPSA) is 68.5 Å². The van der Waals surface area contributed by atoms with Crippen molar-refractivity contribution < 1.29 is 13.9 Å². The van der Waals surface area contributed by atoms with Crippen molar-refractivity contribution in [2.75, 3.05) is 26.3 Å². The lowest BCUT2D eigenvalue weighted by Gasteiger charge is -2.23. The van der Waals surface area contributed by atoms with Gasteiger partial charge in [-0.15, -0.1) is 0 Å². The molecule has 6 heteroatoms. The van der Waals surface area contributed by atoms with Gasteiger partial charge in [0, 0.05) is 30.6 Å². The molecule has 3 aromatic rings. The van der Waals surface area contributed by atoms with Crippen LogP contribution >= 0.6 is 0 Å². The van der Waals surface area contributed by atoms with E-state index in [0.717, 1.165) is 23.1 Å². The number of amides is 1. The summed E-state index contributed by atoms with van der Waals surface area (Å²) in [6.07, 6.45) is 5.72. The third kappa shape index (κ3) is 3.46. The number of aryl methyl sites for hydroxylation is 1. The van der Waals surface area contributed by atoms with Gasteiger partial charge in [-0.2, -0.15) is 0 Å². The number of fused-ring (bicyclic) bond motifs is 1. The van der Waals surface area contributed by atoms with E-state index in [4.69, 9.17) is 9.15 Å². The third-order valence-corrected chi connectivity index (χ3v) is 4.72. The summed E-state index contributed by atoms with van der Waals surface area (Å²) in [4.78, 5) is 23.0. The largest absolute Gasteiger partial charge is 0.464 e. The van der Waals surface area contributed by atoms with E-state index in [1.165, 1.54) is 5.56 Å². The zero-order chi connectivity index (χ0) is 17.9. The Kier molecular flexibility index (Phi) is 4.67. The highest BCUT2D eigenvalue weighted by Gasteiger charge is 2.25. The summed E-state index contributed by atoms with van der Waals surface area (Å²) < 4.78 is 11.2. The zero-order valence-electron chi connectivity index (χ0n) is 14.7. The number of rotatable bonds is 3. The highest BCUT2D eigenvalue weighted by Crippen LogP contribution is 2.24. The van der Waals surface area contributed by atoms with Crippen molar-refractivity contribution in [2.45, 2.75) is 13.3 Å². The standard InChI is InChI=1S/C20H21N3O3/c1-14-10-22-18(11-21-14)20(24)23-6-8-25-13-15(12-23)9-16-3-2-4-19-17(16)5-7-26-19/h2-5,7,10-11,15H,6,8-9,12-13H2,1H3/t15-/m1/s1. The predicted molar refractivity (Wildman–Crippen MR) is 96.9 cm³/mol. The molecule has 134 valence electrons. The van der Waals surface area contributed by atoms with Gasteiger partial charge in [0.2, 0.25) is 0 Å². The quantitative estimate of drug-likeness (QED) is 0.726. The fourth-order valence-corrected chi connectivity index (χ4v) is 3.40. The smallest absolute Gasteiger partial charge is 0.274 e. The van der Waals surface area contributed by atoms with Crippen LogP contribution in [0, 0.1) is 12.8 Å². The predicted octanol–water partition coefficient (Wildman–Crippen LogP) is 2.86. The van der Waals surface area contributed by atoms with E-state index in [2.05, 4.69) is 16.0 Å². The molecule has 4 rings (SSSR count). The maximum Gasteiger partial charge on any atom is 0.274 e. The summed E-state index contributed by atoms with van der Waals surface area (Å²) in [5, 5.41) is 1.12. The van der Waals surface area contributed by atoms with Gasteiger partial charge in [0.05, 0.1) is 31.4 Å². The van der Waals surface area contributed by atoms with Crippen LogP contribution in [0.2, 0.25) is 0 Å². The number of carbonyl (C=O) groups is 1. The molecule has 2 aromatic heterocycles. The molecule has 0 saturated carbocycles. The summed E-state index contributed by atoms with van der Waals surface area (Å²) in [6.45, 7) is 4.24. The van der Waals surface area contributed by atoms with Crippen LogP contribution in [-0.2, 0) is 11.2 Å². The molecule has 0 unspecified atom stereocenters. The van der Waals surface area contributed by atoms with Crippen LogP contribution in [0.5, 0.6) is 0 Å². The van der Waals surface area contributed by atoms with Gasteiger partial charge in [0.15, 0.2) is 0 Å². The van der Waals surface area contributed by atoms with Gasteiger partial charge in [-0.25, -0.2) is 4.98 Å². The Labute approximate surface area is 151 Å². The summed E-state index contributed by atoms with van der Waals surface area (Å²) in [6, 6.07) is 8.07. The van der Waals surface area contributed by atoms with E-state index in [1.54, 1.807) is 18.7 Å². The lowest BCUT2D eigenvalue weighted by atomic mass is 9.97. The van der Waals surface area contributed by atoms with E-state index in [-0.39, 0.29) is 11.8 Å². The average molecular weight is 351 g/mol. The molecule has 0 aliphatic carbocycles. The molecule has 1 aliphatic heterocycles. The third-order valence-electron chi connectivity index (χ3n) is 4.72. The van der Waals surface area contributed by atoms with Crippen molar-refractivity contribution in [3.63, 3.8) is 0 Å². The Morgan fingerprint density at radius 2 is 2.19 bits per heavy atom. The van der Waals surface area contributed by atoms with Crippen LogP contribution in [0.4, 0.5) is 0 Å². The van der Waals surface area contributed by atoms with E-state index >= 15 is 0 Å². The van der Waals surface area contributed by atoms with Gasteiger partial charge in [0.25, 0.3) is 5.91 Å². The van der Waals surface area contributed by atoms with Crippen molar-refractivity contribution in [3.8, 4) is 0 Å². The minimum absolute atomic E-state index is 0.0884. The molecule has 6 nitrogen and oxygen atoms in total. The van der Waals surface area contributed by atoms with Crippen LogP contribution < -0.4 is 0 Å². The molecular weight excluding hydrogens is 330 g/mol. The van der Waals surface area contributed by atoms with E-state index in [1.807, 2.05) is 30.0 Å². The van der Waals surface area contributed by atoms with Gasteiger partial charge < -0.3 is 14.1 Å². The van der Waals surface area contributed by atoms with Crippen LogP contribution in [0.15, 0.2) is 47.3 Å². The highest BCUT2D eigenvalue weighted by atomic mass is 16.5. The van der Waals surface area contributed by atoms with E-state index in [0.29, 0.717) is 32.0 Å². The summed E-state index contributed by atoms with van der Waals surface area (Å²) >= 11 is 0. The molecule has 0 N–H and O–H groups in total. The second kappa shape index (κ2) is 7.25. The van der Waals surface area contributed by atoms with Gasteiger partial charge in [0.1, 0.15) is 11.3 Å². The Bertz CT molecular complexity index is 904. The number of ether oxygens (including phenoxy) is 1. The van der Waals surface area contributed by atoms with Gasteiger partial charge >= 0.3 is 0 Å². The monoisotopic (exact) mass is 351 g/mol. The molecular formula is C20H21N3O3. The first-order valence-electron chi connectivity index (χ1n) is 8.81. The molecule has 1 atom stereocenters. The first kappa shape index (κ1) is 16.7. The molecule has 0 bridgehead atoms. The van der Waals surface area contributed by atoms with Crippen LogP contribution in [0.3, 0.4) is 0 Å². The van der Waals surface area contributed by atoms with Gasteiger partial charge in [-0.1, -0.05) is 12.1 Å². The van der Waals surface area contributed by atoms with Crippen molar-refractivity contribution in [3.05, 3.63) is 59.9 Å². The second-order valence-electron chi connectivity index (χ2n) is 6.69. The van der Waals surface area contributed by atoms with Crippen LogP contribution in [0.1, 0.15) is 21.7 Å². The van der Waals surface area contributed by atoms with Gasteiger partial charge in [-0.05, 0) is 31.0 Å². The number of hydrogen-bond donors (Lipinski definition) is 0. The maximum atomic E-state index is 12.8. The molecule has 0 radical (unpaired) electrons. The minimum Gasteiger partial charge on any atom is -0.464 e. The number of aromatic nitrogens is 2. The Balaban J connectivity index is 1.51. The molecule has 1 aliphatic rings. The number of benzene rings is 1. The zero-order valence-corrected chi connectivity index (χ0v) is 14.7. The Morgan fingerprint density at radius 3 is 3.04 bits per heavy atom. The molecule has 3 heterocycles. The summed E-state index contributed by atoms with van der Waals surface area (Å²) in [5.74, 6) is 0.134. The number of nitrogens with zero attached hydrogens (tertiary/aromatic N) is 3. The van der Waals surface area contributed by atoms with E-state index < -0.39 is 0 Å². The average Bonchev–Trinajstić information content (AvgIpc) is 3.02. The molecule has 1 amide bonds. The normalized spacial score (nSPS) is 18.0. The minimum atomic E-state index is -0.0884.